The number of nitrogens with one attached hydrogen (secondary N) is 4. The van der Waals surface area contributed by atoms with Crippen LogP contribution in [0.2, 0.25) is 0 Å². The molecule has 3 fully saturated rings. The fourth-order valence-corrected chi connectivity index (χ4v) is 8.99. The van der Waals surface area contributed by atoms with Gasteiger partial charge in [0.2, 0.25) is 11.9 Å². The molecule has 4 aromatic rings. The summed E-state index contributed by atoms with van der Waals surface area (Å²) < 4.78 is 39.4. The maximum atomic E-state index is 13.6. The topological polar surface area (TPSA) is 318 Å². The molecule has 3 aliphatic rings. The van der Waals surface area contributed by atoms with Crippen LogP contribution in [0.25, 0.3) is 22.3 Å². The Bertz CT molecular complexity index is 1910. The Hall–Kier alpha value is -2.83. The second-order valence-corrected chi connectivity index (χ2v) is 16.8. The fourth-order valence-electron chi connectivity index (χ4n) is 5.61. The van der Waals surface area contributed by atoms with Gasteiger partial charge in [0.1, 0.15) is 24.4 Å². The van der Waals surface area contributed by atoms with Gasteiger partial charge in [-0.1, -0.05) is 12.2 Å². The van der Waals surface area contributed by atoms with Crippen molar-refractivity contribution in [1.82, 2.24) is 49.2 Å². The zero-order valence-electron chi connectivity index (χ0n) is 23.0. The van der Waals surface area contributed by atoms with E-state index in [-0.39, 0.29) is 34.2 Å². The van der Waals surface area contributed by atoms with Crippen molar-refractivity contribution < 1.29 is 38.2 Å². The number of rotatable bonds is 2. The van der Waals surface area contributed by atoms with Crippen LogP contribution in [0, 0.1) is 0 Å². The van der Waals surface area contributed by atoms with Crippen molar-refractivity contribution in [3.63, 3.8) is 0 Å². The second-order valence-electron chi connectivity index (χ2n) is 10.6. The van der Waals surface area contributed by atoms with Crippen molar-refractivity contribution in [2.45, 2.75) is 49.0 Å². The van der Waals surface area contributed by atoms with Crippen LogP contribution in [0.5, 0.6) is 0 Å². The van der Waals surface area contributed by atoms with Crippen molar-refractivity contribution in [2.24, 2.45) is 0 Å². The lowest BCUT2D eigenvalue weighted by Crippen LogP contribution is -2.47. The molecule has 0 amide bonds. The summed E-state index contributed by atoms with van der Waals surface area (Å²) in [5.74, 6) is -0.402. The van der Waals surface area contributed by atoms with Gasteiger partial charge < -0.3 is 45.1 Å². The number of thiol groups is 1. The van der Waals surface area contributed by atoms with Crippen LogP contribution in [-0.4, -0.2) is 104 Å². The summed E-state index contributed by atoms with van der Waals surface area (Å²) in [5.41, 5.74) is 10.0. The number of nitrogens with two attached hydrogens (primary N) is 2. The van der Waals surface area contributed by atoms with Gasteiger partial charge in [-0.15, -0.1) is 0 Å². The maximum Gasteiger partial charge on any atom is 0.324 e. The van der Waals surface area contributed by atoms with Crippen LogP contribution in [0.1, 0.15) is 12.5 Å². The maximum absolute atomic E-state index is 13.6. The van der Waals surface area contributed by atoms with Crippen molar-refractivity contribution >= 4 is 71.6 Å². The first-order valence-corrected chi connectivity index (χ1v) is 18.8. The summed E-state index contributed by atoms with van der Waals surface area (Å²) in [6, 6.07) is -2.36. The van der Waals surface area contributed by atoms with Crippen LogP contribution >= 0.6 is 25.6 Å². The molecule has 46 heavy (non-hydrogen) atoms. The Morgan fingerprint density at radius 2 is 1.33 bits per heavy atom. The normalized spacial score (nSPS) is 37.1. The minimum Gasteiger partial charge on any atom is -0.387 e. The van der Waals surface area contributed by atoms with Gasteiger partial charge in [-0.25, -0.2) is 20.1 Å². The molecule has 22 nitrogen and oxygen atoms in total. The highest BCUT2D eigenvalue weighted by atomic mass is 32.7. The smallest absolute Gasteiger partial charge is 0.324 e. The van der Waals surface area contributed by atoms with Crippen LogP contribution in [0.15, 0.2) is 22.2 Å². The molecule has 0 bridgehead atoms. The molecular weight excluding hydrogens is 694 g/mol. The molecule has 0 aliphatic carbocycles. The predicted octanol–water partition coefficient (Wildman–Crippen LogP) is -2.85. The van der Waals surface area contributed by atoms with E-state index in [0.29, 0.717) is 0 Å². The van der Waals surface area contributed by atoms with Gasteiger partial charge in [-0.3, -0.25) is 33.3 Å². The summed E-state index contributed by atoms with van der Waals surface area (Å²) in [6.07, 6.45) is -5.28. The third-order valence-electron chi connectivity index (χ3n) is 7.65. The van der Waals surface area contributed by atoms with E-state index in [4.69, 9.17) is 41.8 Å². The molecule has 248 valence electrons. The summed E-state index contributed by atoms with van der Waals surface area (Å²) in [7, 11) is 0. The lowest BCUT2D eigenvalue weighted by atomic mass is 10.1. The molecule has 26 heteroatoms. The number of H-pyrrole nitrogens is 2. The van der Waals surface area contributed by atoms with E-state index < -0.39 is 86.7 Å². The molecule has 3 saturated heterocycles. The highest BCUT2D eigenvalue weighted by Crippen LogP contribution is 2.52. The number of ether oxygens (including phenoxy) is 2. The number of aliphatic hydroxyl groups is 2. The molecule has 11 N–H and O–H groups in total. The number of nitrogen functional groups attached to an aromatic ring is 2. The van der Waals surface area contributed by atoms with E-state index in [2.05, 4.69) is 52.3 Å². The highest BCUT2D eigenvalue weighted by molar-refractivity contribution is 8.45. The van der Waals surface area contributed by atoms with Gasteiger partial charge in [0.15, 0.2) is 34.8 Å². The Morgan fingerprint density at radius 3 is 1.83 bits per heavy atom. The Balaban J connectivity index is 1.18. The lowest BCUT2D eigenvalue weighted by Gasteiger charge is -2.31. The molecule has 0 aromatic carbocycles. The molecule has 10 atom stereocenters. The minimum atomic E-state index is -4.08. The summed E-state index contributed by atoms with van der Waals surface area (Å²) in [6.45, 7) is -8.96. The van der Waals surface area contributed by atoms with Gasteiger partial charge >= 0.3 is 6.72 Å². The monoisotopic (exact) mass is 720 g/mol. The van der Waals surface area contributed by atoms with Crippen molar-refractivity contribution in [3.8, 4) is 0 Å². The lowest BCUT2D eigenvalue weighted by molar-refractivity contribution is -0.0467. The number of imidazole rings is 2. The molecule has 0 radical (unpaired) electrons. The summed E-state index contributed by atoms with van der Waals surface area (Å²) in [5, 5.41) is 28.0. The number of hydrogen-bond acceptors (Lipinski definition) is 16. The molecule has 0 spiro atoms. The molecule has 7 rings (SSSR count). The van der Waals surface area contributed by atoms with Gasteiger partial charge in [0, 0.05) is 0 Å². The van der Waals surface area contributed by atoms with Crippen molar-refractivity contribution in [2.75, 3.05) is 24.7 Å². The number of aromatic amines is 2. The SMILES string of the molecule is Nc1nc2c(ncn2[C@@H]2O[C@@H]3COP(O)(=S)N[C@@H]4C(O)[C@H](n5cnc6c(=O)[nH]c(N)nc65)O[C@@H]4COP(=O)(S)N[C@@H]3C2O)c(=O)[nH]1. The van der Waals surface area contributed by atoms with E-state index in [1.54, 1.807) is 0 Å². The van der Waals surface area contributed by atoms with Crippen molar-refractivity contribution in [3.05, 3.63) is 33.4 Å². The fraction of sp³-hybridized carbons (Fsp3) is 0.500. The van der Waals surface area contributed by atoms with Crippen LogP contribution in [0.4, 0.5) is 11.9 Å². The number of nitrogens with zero attached hydrogens (tertiary/aromatic N) is 6. The Labute approximate surface area is 265 Å². The number of anilines is 2. The molecule has 0 saturated carbocycles. The second kappa shape index (κ2) is 11.4. The van der Waals surface area contributed by atoms with E-state index in [9.17, 15) is 29.3 Å². The number of aromatic nitrogens is 8. The van der Waals surface area contributed by atoms with E-state index in [0.717, 1.165) is 0 Å². The molecule has 7 heterocycles. The first kappa shape index (κ1) is 31.8. The van der Waals surface area contributed by atoms with Crippen molar-refractivity contribution in [1.29, 1.82) is 0 Å². The van der Waals surface area contributed by atoms with Crippen LogP contribution < -0.4 is 32.8 Å². The van der Waals surface area contributed by atoms with Gasteiger partial charge in [0.25, 0.3) is 17.8 Å². The molecule has 3 aliphatic heterocycles. The Kier molecular flexibility index (Phi) is 7.87. The quantitative estimate of drug-likeness (QED) is 0.0736. The zero-order valence-corrected chi connectivity index (χ0v) is 26.5. The largest absolute Gasteiger partial charge is 0.387 e. The van der Waals surface area contributed by atoms with Gasteiger partial charge in [-0.05, 0) is 11.8 Å². The highest BCUT2D eigenvalue weighted by Gasteiger charge is 2.51. The third-order valence-corrected chi connectivity index (χ3v) is 11.2. The first-order valence-electron chi connectivity index (χ1n) is 13.3. The minimum absolute atomic E-state index is 0.00413. The first-order chi connectivity index (χ1) is 21.7. The van der Waals surface area contributed by atoms with Crippen LogP contribution in [-0.2, 0) is 34.9 Å². The molecule has 4 unspecified atom stereocenters. The predicted molar refractivity (Wildman–Crippen MR) is 164 cm³/mol. The average Bonchev–Trinajstić information content (AvgIpc) is 3.72. The van der Waals surface area contributed by atoms with E-state index in [1.165, 1.54) is 21.8 Å². The van der Waals surface area contributed by atoms with Gasteiger partial charge in [0.05, 0.1) is 38.0 Å². The van der Waals surface area contributed by atoms with E-state index in [1.807, 2.05) is 0 Å². The summed E-state index contributed by atoms with van der Waals surface area (Å²) in [4.78, 5) is 56.5. The van der Waals surface area contributed by atoms with Gasteiger partial charge in [-0.2, -0.15) is 9.97 Å². The average molecular weight is 721 g/mol. The van der Waals surface area contributed by atoms with Crippen LogP contribution in [0.3, 0.4) is 0 Å². The Morgan fingerprint density at radius 1 is 0.870 bits per heavy atom. The van der Waals surface area contributed by atoms with E-state index >= 15 is 0 Å². The third kappa shape index (κ3) is 5.57. The molecular formula is C20H26N12O10P2S2. The molecule has 4 aromatic heterocycles. The standard InChI is InChI=1S/C20H26N12O10P2S2/c21-19-25-13-9(15(35)27-19)23-3-31(13)17-11(33)7-5(41-17)1-39-43(37,45)30-8-6(2-40-44(38,46)29-7)42-18(12(8)34)32-4-24-10-14(32)26-20(22)28-16(10)36/h3-8,11-12,17-18,33-34H,1-2H2,(H2,29,38,46)(H2,30,37,45)(H3,21,25,27,35)(H3,22,26,28,36)/t5-,6-,7+,8+,11?,12?,17-,18-,43?,44?/m1/s1. The summed E-state index contributed by atoms with van der Waals surface area (Å²) >= 11 is 9.51. The zero-order chi connectivity index (χ0) is 32.7. The number of fused-ring (bicyclic) bond motifs is 4. The number of aliphatic hydroxyl groups excluding tert-OH is 2. The number of hydrogen-bond donors (Lipinski definition) is 10.